The van der Waals surface area contributed by atoms with Crippen LogP contribution in [0.4, 0.5) is 10.2 Å². The summed E-state index contributed by atoms with van der Waals surface area (Å²) in [6.45, 7) is 2.29. The molecule has 24 heavy (non-hydrogen) atoms. The van der Waals surface area contributed by atoms with Gasteiger partial charge < -0.3 is 5.32 Å². The van der Waals surface area contributed by atoms with Crippen LogP contribution in [-0.4, -0.2) is 20.5 Å². The minimum Gasteiger partial charge on any atom is -0.364 e. The van der Waals surface area contributed by atoms with E-state index in [0.29, 0.717) is 30.3 Å². The van der Waals surface area contributed by atoms with Gasteiger partial charge in [0.15, 0.2) is 11.6 Å². The van der Waals surface area contributed by atoms with E-state index >= 15 is 0 Å². The number of Topliss-reactive ketones (excluding diaryl/α,β-unsaturated/α-hetero) is 1. The van der Waals surface area contributed by atoms with Crippen molar-refractivity contribution in [1.82, 2.24) is 14.8 Å². The third-order valence-electron chi connectivity index (χ3n) is 3.57. The summed E-state index contributed by atoms with van der Waals surface area (Å²) in [6.07, 6.45) is 2.04. The predicted octanol–water partition coefficient (Wildman–Crippen LogP) is 3.61. The van der Waals surface area contributed by atoms with Crippen molar-refractivity contribution in [1.29, 1.82) is 0 Å². The van der Waals surface area contributed by atoms with E-state index in [0.717, 1.165) is 5.56 Å². The Morgan fingerprint density at radius 2 is 2.00 bits per heavy atom. The lowest BCUT2D eigenvalue weighted by atomic mass is 10.2. The van der Waals surface area contributed by atoms with Gasteiger partial charge in [0.1, 0.15) is 17.3 Å². The topological polar surface area (TPSA) is 59.8 Å². The van der Waals surface area contributed by atoms with E-state index in [1.165, 1.54) is 12.1 Å². The zero-order chi connectivity index (χ0) is 16.9. The summed E-state index contributed by atoms with van der Waals surface area (Å²) in [5.74, 6) is 0.878. The number of halogens is 1. The molecule has 122 valence electrons. The predicted molar refractivity (Wildman–Crippen MR) is 89.7 cm³/mol. The zero-order valence-electron chi connectivity index (χ0n) is 13.2. The zero-order valence-corrected chi connectivity index (χ0v) is 13.2. The quantitative estimate of drug-likeness (QED) is 0.704. The fourth-order valence-corrected chi connectivity index (χ4v) is 2.30. The number of anilines is 1. The maximum Gasteiger partial charge on any atom is 0.181 e. The average molecular weight is 324 g/mol. The van der Waals surface area contributed by atoms with E-state index in [9.17, 15) is 9.18 Å². The lowest BCUT2D eigenvalue weighted by Gasteiger charge is -2.04. The molecular weight excluding hydrogens is 307 g/mol. The highest BCUT2D eigenvalue weighted by Gasteiger charge is 2.15. The van der Waals surface area contributed by atoms with Crippen LogP contribution in [0.1, 0.15) is 29.4 Å². The van der Waals surface area contributed by atoms with Crippen LogP contribution >= 0.6 is 0 Å². The van der Waals surface area contributed by atoms with Crippen molar-refractivity contribution >= 4 is 11.6 Å². The molecule has 0 saturated carbocycles. The van der Waals surface area contributed by atoms with E-state index in [1.807, 2.05) is 19.1 Å². The van der Waals surface area contributed by atoms with E-state index < -0.39 is 0 Å². The molecular formula is C18H17FN4O. The van der Waals surface area contributed by atoms with E-state index in [-0.39, 0.29) is 11.6 Å². The molecule has 2 heterocycles. The fraction of sp³-hybridized carbons (Fsp3) is 0.167. The lowest BCUT2D eigenvalue weighted by molar-refractivity contribution is 0.0980. The molecule has 0 aliphatic heterocycles. The van der Waals surface area contributed by atoms with E-state index in [2.05, 4.69) is 15.4 Å². The molecule has 0 aliphatic carbocycles. The van der Waals surface area contributed by atoms with Crippen LogP contribution in [-0.2, 0) is 6.54 Å². The molecule has 0 radical (unpaired) electrons. The molecule has 0 bridgehead atoms. The Kier molecular flexibility index (Phi) is 4.65. The van der Waals surface area contributed by atoms with Crippen molar-refractivity contribution in [3.8, 4) is 5.82 Å². The Balaban J connectivity index is 1.85. The summed E-state index contributed by atoms with van der Waals surface area (Å²) >= 11 is 0. The van der Waals surface area contributed by atoms with Gasteiger partial charge >= 0.3 is 0 Å². The largest absolute Gasteiger partial charge is 0.364 e. The number of rotatable bonds is 6. The first kappa shape index (κ1) is 15.9. The van der Waals surface area contributed by atoms with Gasteiger partial charge in [-0.05, 0) is 29.8 Å². The Morgan fingerprint density at radius 3 is 2.67 bits per heavy atom. The number of hydrogen-bond acceptors (Lipinski definition) is 4. The van der Waals surface area contributed by atoms with Gasteiger partial charge in [-0.3, -0.25) is 4.79 Å². The Morgan fingerprint density at radius 1 is 1.21 bits per heavy atom. The second kappa shape index (κ2) is 7.04. The summed E-state index contributed by atoms with van der Waals surface area (Å²) < 4.78 is 14.5. The lowest BCUT2D eigenvalue weighted by Crippen LogP contribution is -2.09. The molecule has 1 aromatic carbocycles. The Hall–Kier alpha value is -3.02. The monoisotopic (exact) mass is 324 g/mol. The van der Waals surface area contributed by atoms with Gasteiger partial charge in [0.25, 0.3) is 0 Å². The van der Waals surface area contributed by atoms with Crippen LogP contribution in [0.2, 0.25) is 0 Å². The number of nitrogens with zero attached hydrogens (tertiary/aromatic N) is 3. The molecule has 0 spiro atoms. The Bertz CT molecular complexity index is 828. The fourth-order valence-electron chi connectivity index (χ4n) is 2.30. The highest BCUT2D eigenvalue weighted by Crippen LogP contribution is 2.17. The molecule has 0 saturated heterocycles. The van der Waals surface area contributed by atoms with Crippen molar-refractivity contribution in [2.75, 3.05) is 5.32 Å². The third-order valence-corrected chi connectivity index (χ3v) is 3.57. The summed E-state index contributed by atoms with van der Waals surface area (Å²) in [6, 6.07) is 13.4. The third kappa shape index (κ3) is 3.48. The second-order valence-corrected chi connectivity index (χ2v) is 5.27. The standard InChI is InChI=1S/C18H17FN4O/c1-2-16(24)15-11-17(21-12-13-6-8-14(19)9-7-13)22-23(15)18-5-3-4-10-20-18/h3-11H,2,12H2,1H3,(H,21,22). The van der Waals surface area contributed by atoms with Gasteiger partial charge in [-0.1, -0.05) is 25.1 Å². The van der Waals surface area contributed by atoms with Gasteiger partial charge in [-0.25, -0.2) is 14.1 Å². The van der Waals surface area contributed by atoms with Gasteiger partial charge in [-0.2, -0.15) is 0 Å². The van der Waals surface area contributed by atoms with Crippen molar-refractivity contribution in [3.05, 3.63) is 71.8 Å². The molecule has 0 fully saturated rings. The number of benzene rings is 1. The first-order valence-corrected chi connectivity index (χ1v) is 7.70. The number of aromatic nitrogens is 3. The van der Waals surface area contributed by atoms with Crippen LogP contribution in [0.5, 0.6) is 0 Å². The SMILES string of the molecule is CCC(=O)c1cc(NCc2ccc(F)cc2)nn1-c1ccccn1. The van der Waals surface area contributed by atoms with Crippen LogP contribution in [0, 0.1) is 5.82 Å². The summed E-state index contributed by atoms with van der Waals surface area (Å²) in [4.78, 5) is 16.4. The van der Waals surface area contributed by atoms with Crippen LogP contribution in [0.3, 0.4) is 0 Å². The number of pyridine rings is 1. The summed E-state index contributed by atoms with van der Waals surface area (Å²) in [5.41, 5.74) is 1.41. The van der Waals surface area contributed by atoms with Crippen molar-refractivity contribution in [2.24, 2.45) is 0 Å². The van der Waals surface area contributed by atoms with Crippen molar-refractivity contribution in [2.45, 2.75) is 19.9 Å². The maximum atomic E-state index is 12.9. The van der Waals surface area contributed by atoms with Gasteiger partial charge in [0.2, 0.25) is 0 Å². The normalized spacial score (nSPS) is 10.6. The minimum absolute atomic E-state index is 0.0111. The molecule has 3 aromatic rings. The number of carbonyl (C=O) groups is 1. The molecule has 0 unspecified atom stereocenters. The van der Waals surface area contributed by atoms with Crippen LogP contribution < -0.4 is 5.32 Å². The Labute approximate surface area is 139 Å². The van der Waals surface area contributed by atoms with Crippen molar-refractivity contribution < 1.29 is 9.18 Å². The molecule has 2 aromatic heterocycles. The maximum absolute atomic E-state index is 12.9. The number of ketones is 1. The first-order valence-electron chi connectivity index (χ1n) is 7.70. The van der Waals surface area contributed by atoms with Crippen LogP contribution in [0.15, 0.2) is 54.7 Å². The summed E-state index contributed by atoms with van der Waals surface area (Å²) in [7, 11) is 0. The smallest absolute Gasteiger partial charge is 0.181 e. The highest BCUT2D eigenvalue weighted by atomic mass is 19.1. The number of hydrogen-bond donors (Lipinski definition) is 1. The molecule has 6 heteroatoms. The summed E-state index contributed by atoms with van der Waals surface area (Å²) in [5, 5.41) is 7.59. The van der Waals surface area contributed by atoms with Crippen LogP contribution in [0.25, 0.3) is 5.82 Å². The highest BCUT2D eigenvalue weighted by molar-refractivity contribution is 5.95. The molecule has 0 aliphatic rings. The minimum atomic E-state index is -0.269. The molecule has 1 N–H and O–H groups in total. The number of carbonyl (C=O) groups excluding carboxylic acids is 1. The second-order valence-electron chi connectivity index (χ2n) is 5.27. The van der Waals surface area contributed by atoms with Gasteiger partial charge in [0, 0.05) is 25.2 Å². The molecule has 0 atom stereocenters. The van der Waals surface area contributed by atoms with Gasteiger partial charge in [-0.15, -0.1) is 5.10 Å². The average Bonchev–Trinajstić information content (AvgIpc) is 3.06. The van der Waals surface area contributed by atoms with E-state index in [1.54, 1.807) is 35.1 Å². The molecule has 0 amide bonds. The number of nitrogens with one attached hydrogen (secondary N) is 1. The van der Waals surface area contributed by atoms with Crippen molar-refractivity contribution in [3.63, 3.8) is 0 Å². The first-order chi connectivity index (χ1) is 11.7. The van der Waals surface area contributed by atoms with E-state index in [4.69, 9.17) is 0 Å². The van der Waals surface area contributed by atoms with Gasteiger partial charge in [0.05, 0.1) is 0 Å². The molecule has 5 nitrogen and oxygen atoms in total. The molecule has 3 rings (SSSR count).